The van der Waals surface area contributed by atoms with Gasteiger partial charge < -0.3 is 53.5 Å². The zero-order valence-corrected chi connectivity index (χ0v) is 48.0. The summed E-state index contributed by atoms with van der Waals surface area (Å²) in [6.45, 7) is 17.4. The number of aldehydes is 1. The first-order chi connectivity index (χ1) is 37.8. The van der Waals surface area contributed by atoms with Crippen molar-refractivity contribution in [3.05, 3.63) is 185 Å². The van der Waals surface area contributed by atoms with Gasteiger partial charge >= 0.3 is 0 Å². The van der Waals surface area contributed by atoms with E-state index in [-0.39, 0.29) is 12.3 Å². The van der Waals surface area contributed by atoms with E-state index in [1.54, 1.807) is 66.4 Å². The van der Waals surface area contributed by atoms with Crippen molar-refractivity contribution >= 4 is 42.0 Å². The standard InChI is InChI=1S/C12H12N2O2.C12H14N2O.C12H15NO3.C9H11NO2.C9H12O.C8H11NO/c1-9-6-14(8-13-9)11-4-3-10(7-15)5-12(11)16-2;1-9-4-5-11(12(6-9)15-3)14-7-10(2)13-8-14;1-9-4-5-11(12(6-9)16-3)13(8-14)7-10(2)15;1-7-3-4-8(10-6-11)9(5-7)12-2;1-7-4-5-8(2)9(6-7)10-3;1-6-3-4-7(9)8(5-6)10-2/h3-8H,1-2H3;4-8H,1-3H3;4-6,8H,7H2,1-3H3;3-6H,1-2H3,(H,10,11);4-6H,1-3H3;3-5H,9H2,1-2H3. The lowest BCUT2D eigenvalue weighted by Gasteiger charge is -2.19. The number of hydrogen-bond donors (Lipinski definition) is 2. The normalized spacial score (nSPS) is 9.76. The van der Waals surface area contributed by atoms with E-state index in [9.17, 15) is 19.2 Å². The molecule has 0 spiro atoms. The molecule has 0 bridgehead atoms. The molecule has 2 amide bonds. The number of nitrogens with two attached hydrogens (primary N) is 1. The molecule has 0 aliphatic heterocycles. The Morgan fingerprint density at radius 2 is 0.962 bits per heavy atom. The second-order valence-corrected chi connectivity index (χ2v) is 17.9. The third-order valence-electron chi connectivity index (χ3n) is 11.3. The first-order valence-corrected chi connectivity index (χ1v) is 24.8. The molecule has 0 unspecified atom stereocenters. The molecule has 17 nitrogen and oxygen atoms in total. The first-order valence-electron chi connectivity index (χ1n) is 24.8. The van der Waals surface area contributed by atoms with E-state index in [0.29, 0.717) is 52.7 Å². The van der Waals surface area contributed by atoms with Gasteiger partial charge in [0.15, 0.2) is 0 Å². The van der Waals surface area contributed by atoms with Crippen molar-refractivity contribution < 1.29 is 47.6 Å². The number of Topliss-reactive ketones (excluding diaryl/α,β-unsaturated/α-hetero) is 1. The van der Waals surface area contributed by atoms with Gasteiger partial charge in [-0.15, -0.1) is 0 Å². The number of methoxy groups -OCH3 is 6. The molecule has 79 heavy (non-hydrogen) atoms. The summed E-state index contributed by atoms with van der Waals surface area (Å²) < 4.78 is 34.8. The van der Waals surface area contributed by atoms with Crippen molar-refractivity contribution in [3.8, 4) is 45.9 Å². The molecule has 3 N–H and O–H groups in total. The molecular formula is C62H75N7O10. The highest BCUT2D eigenvalue weighted by molar-refractivity contribution is 5.90. The highest BCUT2D eigenvalue weighted by Crippen LogP contribution is 2.29. The number of carbonyl (C=O) groups excluding carboxylic acids is 4. The molecule has 0 fully saturated rings. The Kier molecular flexibility index (Phi) is 26.6. The largest absolute Gasteiger partial charge is 0.496 e. The van der Waals surface area contributed by atoms with E-state index in [1.165, 1.54) is 35.6 Å². The average molecular weight is 1080 g/mol. The average Bonchev–Trinajstić information content (AvgIpc) is 4.10. The highest BCUT2D eigenvalue weighted by Gasteiger charge is 2.13. The Morgan fingerprint density at radius 3 is 1.41 bits per heavy atom. The van der Waals surface area contributed by atoms with Crippen LogP contribution in [0.5, 0.6) is 34.5 Å². The molecule has 2 heterocycles. The van der Waals surface area contributed by atoms with Crippen molar-refractivity contribution in [1.29, 1.82) is 0 Å². The number of carbonyl (C=O) groups is 4. The van der Waals surface area contributed by atoms with E-state index in [1.807, 2.05) is 143 Å². The van der Waals surface area contributed by atoms with E-state index in [2.05, 4.69) is 40.4 Å². The second kappa shape index (κ2) is 32.9. The van der Waals surface area contributed by atoms with Crippen LogP contribution < -0.4 is 44.4 Å². The third-order valence-corrected chi connectivity index (χ3v) is 11.3. The number of ether oxygens (including phenoxy) is 6. The van der Waals surface area contributed by atoms with E-state index >= 15 is 0 Å². The number of amides is 2. The lowest BCUT2D eigenvalue weighted by molar-refractivity contribution is -0.117. The highest BCUT2D eigenvalue weighted by atomic mass is 16.5. The third kappa shape index (κ3) is 20.6. The van der Waals surface area contributed by atoms with Crippen LogP contribution >= 0.6 is 0 Å². The van der Waals surface area contributed by atoms with Crippen LogP contribution in [0.1, 0.15) is 62.1 Å². The van der Waals surface area contributed by atoms with Gasteiger partial charge in [-0.1, -0.05) is 36.4 Å². The number of aromatic nitrogens is 4. The molecule has 0 saturated carbocycles. The molecule has 17 heteroatoms. The minimum atomic E-state index is -0.0743. The van der Waals surface area contributed by atoms with Gasteiger partial charge in [0.2, 0.25) is 12.8 Å². The summed E-state index contributed by atoms with van der Waals surface area (Å²) in [5.74, 6) is 4.44. The zero-order chi connectivity index (χ0) is 58.6. The minimum absolute atomic E-state index is 0.0585. The number of hydrogen-bond acceptors (Lipinski definition) is 13. The van der Waals surface area contributed by atoms with E-state index in [4.69, 9.17) is 34.2 Å². The molecule has 418 valence electrons. The number of anilines is 3. The molecule has 8 rings (SSSR count). The smallest absolute Gasteiger partial charge is 0.214 e. The summed E-state index contributed by atoms with van der Waals surface area (Å²) in [6.07, 6.45) is 9.45. The summed E-state index contributed by atoms with van der Waals surface area (Å²) in [7, 11) is 9.69. The van der Waals surface area contributed by atoms with Gasteiger partial charge in [0, 0.05) is 18.0 Å². The molecule has 0 aliphatic rings. The van der Waals surface area contributed by atoms with Crippen LogP contribution in [0.3, 0.4) is 0 Å². The number of aryl methyl sites for hydroxylation is 8. The maximum atomic E-state index is 11.0. The fourth-order valence-corrected chi connectivity index (χ4v) is 7.25. The van der Waals surface area contributed by atoms with Crippen molar-refractivity contribution in [3.63, 3.8) is 0 Å². The fraction of sp³-hybridized carbons (Fsp3) is 0.258. The number of nitrogens with zero attached hydrogens (tertiary/aromatic N) is 5. The molecule has 0 atom stereocenters. The predicted octanol–water partition coefficient (Wildman–Crippen LogP) is 11.5. The van der Waals surface area contributed by atoms with Crippen molar-refractivity contribution in [2.24, 2.45) is 0 Å². The first kappa shape index (κ1) is 63.9. The fourth-order valence-electron chi connectivity index (χ4n) is 7.25. The number of nitrogen functional groups attached to an aromatic ring is 1. The molecule has 0 aliphatic carbocycles. The zero-order valence-electron chi connectivity index (χ0n) is 48.0. The van der Waals surface area contributed by atoms with E-state index < -0.39 is 0 Å². The SMILES string of the molecule is COc1cc(C)ccc1-n1cnc(C)c1.COc1cc(C)ccc1C.COc1cc(C)ccc1N.COc1cc(C)ccc1N(C=O)CC(C)=O.COc1cc(C)ccc1NC=O.COc1cc(C=O)ccc1-n1cnc(C)c1. The summed E-state index contributed by atoms with van der Waals surface area (Å²) in [6, 6.07) is 34.4. The Hall–Kier alpha value is -9.38. The van der Waals surface area contributed by atoms with Gasteiger partial charge in [0.25, 0.3) is 0 Å². The van der Waals surface area contributed by atoms with Crippen LogP contribution in [0.2, 0.25) is 0 Å². The topological polar surface area (TPSA) is 201 Å². The van der Waals surface area contributed by atoms with Gasteiger partial charge in [-0.25, -0.2) is 9.97 Å². The van der Waals surface area contributed by atoms with Crippen molar-refractivity contribution in [2.75, 3.05) is 65.2 Å². The molecular weight excluding hydrogens is 1000 g/mol. The van der Waals surface area contributed by atoms with Crippen LogP contribution in [0, 0.1) is 55.4 Å². The van der Waals surface area contributed by atoms with Crippen molar-refractivity contribution in [2.45, 2.75) is 62.3 Å². The number of nitrogens with one attached hydrogen (secondary N) is 1. The Bertz CT molecular complexity index is 3170. The molecule has 8 aromatic rings. The van der Waals surface area contributed by atoms with Crippen LogP contribution in [-0.2, 0) is 14.4 Å². The Labute approximate surface area is 464 Å². The predicted molar refractivity (Wildman–Crippen MR) is 314 cm³/mol. The number of benzene rings is 6. The van der Waals surface area contributed by atoms with Crippen LogP contribution in [0.25, 0.3) is 11.4 Å². The summed E-state index contributed by atoms with van der Waals surface area (Å²) in [5.41, 5.74) is 18.9. The van der Waals surface area contributed by atoms with Crippen LogP contribution in [0.4, 0.5) is 17.1 Å². The minimum Gasteiger partial charge on any atom is -0.496 e. The molecule has 0 saturated heterocycles. The quantitative estimate of drug-likeness (QED) is 0.0726. The maximum absolute atomic E-state index is 11.0. The lowest BCUT2D eigenvalue weighted by atomic mass is 10.1. The monoisotopic (exact) mass is 1080 g/mol. The summed E-state index contributed by atoms with van der Waals surface area (Å²) in [4.78, 5) is 52.4. The number of imidazole rings is 2. The van der Waals surface area contributed by atoms with Crippen LogP contribution in [-0.4, -0.2) is 93.2 Å². The van der Waals surface area contributed by atoms with Gasteiger partial charge in [-0.3, -0.25) is 19.2 Å². The Morgan fingerprint density at radius 1 is 0.532 bits per heavy atom. The molecule has 6 aromatic carbocycles. The van der Waals surface area contributed by atoms with Gasteiger partial charge in [0.1, 0.15) is 46.6 Å². The maximum Gasteiger partial charge on any atom is 0.214 e. The second-order valence-electron chi connectivity index (χ2n) is 17.9. The molecule has 2 aromatic heterocycles. The van der Waals surface area contributed by atoms with E-state index in [0.717, 1.165) is 63.0 Å². The van der Waals surface area contributed by atoms with Gasteiger partial charge in [0.05, 0.1) is 102 Å². The summed E-state index contributed by atoms with van der Waals surface area (Å²) in [5, 5.41) is 2.55. The number of ketones is 1. The van der Waals surface area contributed by atoms with Crippen LogP contribution in [0.15, 0.2) is 134 Å². The molecule has 0 radical (unpaired) electrons. The summed E-state index contributed by atoms with van der Waals surface area (Å²) >= 11 is 0. The van der Waals surface area contributed by atoms with Gasteiger partial charge in [-0.2, -0.15) is 0 Å². The number of rotatable bonds is 15. The van der Waals surface area contributed by atoms with Gasteiger partial charge in [-0.05, 0) is 168 Å². The lowest BCUT2D eigenvalue weighted by Crippen LogP contribution is -2.27. The Balaban J connectivity index is 0.000000252. The van der Waals surface area contributed by atoms with Crippen molar-refractivity contribution in [1.82, 2.24) is 19.1 Å².